The number of carbonyl (C=O) groups is 10. The number of hydrogen-bond donors (Lipinski definition) is 10. The zero-order valence-electron chi connectivity index (χ0n) is 61.0. The molecular weight excluding hydrogens is 1400 g/mol. The zero-order valence-corrected chi connectivity index (χ0v) is 62.6. The number of halogens is 1. The van der Waals surface area contributed by atoms with E-state index < -0.39 is 107 Å². The molecule has 4 fully saturated rings. The quantitative estimate of drug-likeness (QED) is 0.0482. The molecule has 4 aliphatic rings. The molecule has 564 valence electrons. The normalized spacial score (nSPS) is 21.2. The molecule has 30 nitrogen and oxygen atoms in total. The van der Waals surface area contributed by atoms with Gasteiger partial charge < -0.3 is 70.4 Å². The van der Waals surface area contributed by atoms with Crippen molar-refractivity contribution in [1.29, 1.82) is 0 Å². The second kappa shape index (κ2) is 36.1. The minimum atomic E-state index is -1.77. The number of aliphatic carboxylic acids is 2. The predicted octanol–water partition coefficient (Wildman–Crippen LogP) is 5.99. The van der Waals surface area contributed by atoms with E-state index in [9.17, 15) is 63.3 Å². The predicted molar refractivity (Wildman–Crippen MR) is 384 cm³/mol. The van der Waals surface area contributed by atoms with Gasteiger partial charge in [0, 0.05) is 41.4 Å². The van der Waals surface area contributed by atoms with Crippen molar-refractivity contribution in [2.24, 2.45) is 11.8 Å². The molecule has 103 heavy (non-hydrogen) atoms. The number of amides is 8. The van der Waals surface area contributed by atoms with Crippen molar-refractivity contribution < 1.29 is 87.3 Å². The number of carbonyl (C=O) groups excluding carboxylic acids is 8. The van der Waals surface area contributed by atoms with Crippen LogP contribution in [0.25, 0.3) is 27.9 Å². The van der Waals surface area contributed by atoms with E-state index in [1.165, 1.54) is 38.9 Å². The Hall–Kier alpha value is -8.72. The fourth-order valence-electron chi connectivity index (χ4n) is 11.0. The number of morpholine rings is 2. The number of ether oxygens (including phenoxy) is 4. The van der Waals surface area contributed by atoms with Crippen LogP contribution in [0.1, 0.15) is 152 Å². The van der Waals surface area contributed by atoms with Gasteiger partial charge in [0.15, 0.2) is 0 Å². The standard InChI is InChI=1S/C36H50N6O9.C24H32BrN5O4.C12H19NO5/c1-21(2)29(43)31(45)38-23(4)32(46)42-16-8-9-27(40-42)30(44)37-22(3)26-13-12-25-11-10-24(19-28(25)39-26)14-15-36(33(47)48)20-41(17-18-50-36)34(49)51-35(5,6)7;1-13(2)21(31)23(33)27-15(4)24(34)30-11-5-6-19(29-30)22(32)26-14(3)18-10-8-16-7-9-17(25)12-20(16)28-18;1-5-12(9(14)15)8-13(6-7-17-12)10(16)18-11(2,3)4/h10-15,19,21-23,27,29,40,43H,8-9,16-18,20H2,1-7H3,(H,37,44)(H,38,45)(H,47,48);7-10,12-15,19,21,29,31H,5-6,11H2,1-4H3,(H,26,32)(H,27,33);5H,1,6-8H2,2-4H3,(H,14,15)/b15-14+;;/t22-,23+,27+,29+,36?;14-,15+,19+,21+;/m11./s1. The molecule has 2 aromatic carbocycles. The molecule has 4 saturated heterocycles. The summed E-state index contributed by atoms with van der Waals surface area (Å²) in [5, 5.41) is 54.7. The highest BCUT2D eigenvalue weighted by Gasteiger charge is 2.46. The lowest BCUT2D eigenvalue weighted by molar-refractivity contribution is -0.168. The van der Waals surface area contributed by atoms with E-state index in [0.717, 1.165) is 26.5 Å². The van der Waals surface area contributed by atoms with Gasteiger partial charge in [-0.05, 0) is 155 Å². The van der Waals surface area contributed by atoms with Crippen molar-refractivity contribution in [1.82, 2.24) is 61.9 Å². The van der Waals surface area contributed by atoms with Crippen molar-refractivity contribution in [2.45, 2.75) is 193 Å². The summed E-state index contributed by atoms with van der Waals surface area (Å²) in [6.45, 7) is 28.7. The molecule has 0 aliphatic carbocycles. The minimum absolute atomic E-state index is 0.0215. The summed E-state index contributed by atoms with van der Waals surface area (Å²) in [5.74, 6) is -5.52. The lowest BCUT2D eigenvalue weighted by Gasteiger charge is -2.38. The number of hydrogen-bond acceptors (Lipinski definition) is 20. The van der Waals surface area contributed by atoms with Crippen LogP contribution in [0.15, 0.2) is 83.9 Å². The summed E-state index contributed by atoms with van der Waals surface area (Å²) in [5.41, 5.74) is 4.72. The topological polar surface area (TPSA) is 399 Å². The summed E-state index contributed by atoms with van der Waals surface area (Å²) < 4.78 is 22.5. The summed E-state index contributed by atoms with van der Waals surface area (Å²) in [6.07, 6.45) is 2.94. The van der Waals surface area contributed by atoms with Crippen molar-refractivity contribution in [3.8, 4) is 0 Å². The maximum atomic E-state index is 13.3. The summed E-state index contributed by atoms with van der Waals surface area (Å²) in [4.78, 5) is 137. The first kappa shape index (κ1) is 83.2. The maximum absolute atomic E-state index is 13.3. The van der Waals surface area contributed by atoms with E-state index in [1.54, 1.807) is 95.2 Å². The number of rotatable bonds is 19. The second-order valence-electron chi connectivity index (χ2n) is 28.6. The van der Waals surface area contributed by atoms with Crippen LogP contribution in [0.4, 0.5) is 9.59 Å². The molecule has 8 rings (SSSR count). The Kier molecular flexibility index (Phi) is 29.2. The molecule has 2 unspecified atom stereocenters. The van der Waals surface area contributed by atoms with Gasteiger partial charge in [-0.1, -0.05) is 86.6 Å². The Labute approximate surface area is 608 Å². The molecule has 2 aromatic heterocycles. The molecule has 8 amide bonds. The first-order valence-electron chi connectivity index (χ1n) is 34.4. The van der Waals surface area contributed by atoms with Crippen LogP contribution in [-0.2, 0) is 57.3 Å². The first-order valence-corrected chi connectivity index (χ1v) is 35.2. The first-order chi connectivity index (χ1) is 48.1. The Morgan fingerprint density at radius 2 is 0.990 bits per heavy atom. The lowest BCUT2D eigenvalue weighted by atomic mass is 9.99. The number of pyridine rings is 2. The molecule has 0 bridgehead atoms. The highest BCUT2D eigenvalue weighted by molar-refractivity contribution is 9.10. The molecule has 0 spiro atoms. The number of fused-ring (bicyclic) bond motifs is 2. The SMILES string of the molecule is C=CC1(C(=O)O)CN(C(=O)OC(C)(C)C)CCO1.CC(C)[C@H](O)C(=O)N[C@@H](C)C(=O)N1CCC[C@@H](C(=O)N[C@H](C)c2ccc3ccc(/C=C/C4(C(=O)O)CN(C(=O)OC(C)(C)C)CCO4)cc3n2)N1.CC(C)[C@H](O)C(=O)N[C@@H](C)C(=O)N1CCC[C@@H](C(=O)N[C@H](C)c2ccc3ccc(Br)cc3n2)N1. The maximum Gasteiger partial charge on any atom is 0.410 e. The molecule has 4 aromatic rings. The monoisotopic (exact) mass is 1500 g/mol. The van der Waals surface area contributed by atoms with Crippen molar-refractivity contribution >= 4 is 103 Å². The number of nitrogens with zero attached hydrogens (tertiary/aromatic N) is 6. The number of benzene rings is 2. The Balaban J connectivity index is 0.000000273. The molecule has 10 atom stereocenters. The molecule has 4 aliphatic heterocycles. The smallest absolute Gasteiger partial charge is 0.410 e. The molecule has 0 radical (unpaired) electrons. The largest absolute Gasteiger partial charge is 0.479 e. The van der Waals surface area contributed by atoms with E-state index in [0.29, 0.717) is 62.1 Å². The fraction of sp³-hybridized carbons (Fsp3) is 0.556. The van der Waals surface area contributed by atoms with Crippen LogP contribution in [0.3, 0.4) is 0 Å². The Bertz CT molecular complexity index is 3770. The lowest BCUT2D eigenvalue weighted by Crippen LogP contribution is -2.61. The highest BCUT2D eigenvalue weighted by atomic mass is 79.9. The third kappa shape index (κ3) is 23.4. The molecular formula is C72H101BrN12O18. The van der Waals surface area contributed by atoms with Crippen molar-refractivity contribution in [3.05, 3.63) is 101 Å². The van der Waals surface area contributed by atoms with Gasteiger partial charge in [0.05, 0.1) is 60.8 Å². The van der Waals surface area contributed by atoms with E-state index in [-0.39, 0.29) is 68.4 Å². The van der Waals surface area contributed by atoms with Crippen LogP contribution < -0.4 is 32.1 Å². The fourth-order valence-corrected chi connectivity index (χ4v) is 11.4. The Morgan fingerprint density at radius 3 is 1.40 bits per heavy atom. The highest BCUT2D eigenvalue weighted by Crippen LogP contribution is 2.28. The van der Waals surface area contributed by atoms with Crippen molar-refractivity contribution in [3.63, 3.8) is 0 Å². The second-order valence-corrected chi connectivity index (χ2v) is 29.5. The van der Waals surface area contributed by atoms with E-state index >= 15 is 0 Å². The summed E-state index contributed by atoms with van der Waals surface area (Å²) in [6, 6.07) is 15.0. The molecule has 6 heterocycles. The van der Waals surface area contributed by atoms with E-state index in [4.69, 9.17) is 29.0 Å². The number of aromatic nitrogens is 2. The van der Waals surface area contributed by atoms with Gasteiger partial charge in [-0.25, -0.2) is 30.0 Å². The van der Waals surface area contributed by atoms with E-state index in [2.05, 4.69) is 59.6 Å². The van der Waals surface area contributed by atoms with Gasteiger partial charge in [0.1, 0.15) is 47.6 Å². The van der Waals surface area contributed by atoms with Gasteiger partial charge >= 0.3 is 24.1 Å². The number of aliphatic hydroxyl groups is 2. The van der Waals surface area contributed by atoms with Crippen LogP contribution in [0.5, 0.6) is 0 Å². The number of carboxylic acid groups (broad SMARTS) is 2. The summed E-state index contributed by atoms with van der Waals surface area (Å²) in [7, 11) is 0. The average Bonchev–Trinajstić information content (AvgIpc) is 0.781. The average molecular weight is 1500 g/mol. The molecule has 0 saturated carbocycles. The van der Waals surface area contributed by atoms with Crippen LogP contribution in [0, 0.1) is 11.8 Å². The minimum Gasteiger partial charge on any atom is -0.479 e. The van der Waals surface area contributed by atoms with Gasteiger partial charge in [-0.15, -0.1) is 0 Å². The van der Waals surface area contributed by atoms with Crippen LogP contribution in [-0.4, -0.2) is 221 Å². The number of hydrazine groups is 2. The third-order valence-corrected chi connectivity index (χ3v) is 17.5. The number of nitrogens with one attached hydrogen (secondary N) is 6. The Morgan fingerprint density at radius 1 is 0.592 bits per heavy atom. The zero-order chi connectivity index (χ0) is 76.6. The molecule has 31 heteroatoms. The summed E-state index contributed by atoms with van der Waals surface area (Å²) >= 11 is 3.45. The van der Waals surface area contributed by atoms with Crippen molar-refractivity contribution in [2.75, 3.05) is 52.5 Å². The van der Waals surface area contributed by atoms with Crippen LogP contribution >= 0.6 is 15.9 Å². The van der Waals surface area contributed by atoms with Gasteiger partial charge in [-0.3, -0.25) is 48.8 Å². The van der Waals surface area contributed by atoms with Crippen LogP contribution in [0.2, 0.25) is 0 Å². The van der Waals surface area contributed by atoms with E-state index in [1.807, 2.05) is 61.5 Å². The van der Waals surface area contributed by atoms with Gasteiger partial charge in [0.2, 0.25) is 34.8 Å². The van der Waals surface area contributed by atoms with Gasteiger partial charge in [-0.2, -0.15) is 0 Å². The van der Waals surface area contributed by atoms with Gasteiger partial charge in [0.25, 0.3) is 11.8 Å². The third-order valence-electron chi connectivity index (χ3n) is 17.0. The molecule has 10 N–H and O–H groups in total. The number of aliphatic hydroxyl groups excluding tert-OH is 2. The number of carboxylic acids is 2.